The van der Waals surface area contributed by atoms with Crippen molar-refractivity contribution >= 4 is 0 Å². The largest absolute Gasteiger partial charge is 0.378 e. The Hall–Kier alpha value is -0.590. The predicted octanol–water partition coefficient (Wildman–Crippen LogP) is 0.0882. The van der Waals surface area contributed by atoms with E-state index in [0.717, 1.165) is 6.54 Å². The molecular formula is C7H12N2O. The number of rotatable bonds is 2. The van der Waals surface area contributed by atoms with E-state index in [1.807, 2.05) is 19.0 Å². The van der Waals surface area contributed by atoms with Gasteiger partial charge in [-0.25, -0.2) is 0 Å². The van der Waals surface area contributed by atoms with Crippen LogP contribution in [0.25, 0.3) is 0 Å². The van der Waals surface area contributed by atoms with Crippen molar-refractivity contribution < 1.29 is 4.74 Å². The molecule has 0 N–H and O–H groups in total. The van der Waals surface area contributed by atoms with Crippen LogP contribution in [0.4, 0.5) is 0 Å². The fraction of sp³-hybridized carbons (Fsp3) is 0.857. The Morgan fingerprint density at radius 2 is 2.20 bits per heavy atom. The van der Waals surface area contributed by atoms with Crippen LogP contribution in [0.5, 0.6) is 0 Å². The highest BCUT2D eigenvalue weighted by Gasteiger charge is 2.39. The monoisotopic (exact) mass is 140 g/mol. The van der Waals surface area contributed by atoms with Gasteiger partial charge in [0.05, 0.1) is 19.3 Å². The molecule has 3 nitrogen and oxygen atoms in total. The van der Waals surface area contributed by atoms with E-state index in [1.54, 1.807) is 0 Å². The zero-order valence-electron chi connectivity index (χ0n) is 6.42. The van der Waals surface area contributed by atoms with Gasteiger partial charge in [-0.3, -0.25) is 0 Å². The molecule has 0 atom stereocenters. The molecule has 56 valence electrons. The molecule has 3 heteroatoms. The van der Waals surface area contributed by atoms with Crippen LogP contribution in [0.3, 0.4) is 0 Å². The lowest BCUT2D eigenvalue weighted by Crippen LogP contribution is -2.48. The summed E-state index contributed by atoms with van der Waals surface area (Å²) in [5.74, 6) is 0. The topological polar surface area (TPSA) is 36.3 Å². The summed E-state index contributed by atoms with van der Waals surface area (Å²) in [6.45, 7) is 2.01. The Kier molecular flexibility index (Phi) is 1.93. The first-order chi connectivity index (χ1) is 4.68. The van der Waals surface area contributed by atoms with Crippen LogP contribution >= 0.6 is 0 Å². The van der Waals surface area contributed by atoms with E-state index < -0.39 is 0 Å². The molecule has 0 aromatic heterocycles. The highest BCUT2D eigenvalue weighted by atomic mass is 16.5. The lowest BCUT2D eigenvalue weighted by Gasteiger charge is -2.36. The maximum atomic E-state index is 8.73. The third-order valence-electron chi connectivity index (χ3n) is 1.61. The van der Waals surface area contributed by atoms with Gasteiger partial charge in [0.15, 0.2) is 0 Å². The quantitative estimate of drug-likeness (QED) is 0.545. The molecule has 1 saturated heterocycles. The van der Waals surface area contributed by atoms with E-state index in [4.69, 9.17) is 10.00 Å². The minimum atomic E-state index is -0.205. The van der Waals surface area contributed by atoms with Gasteiger partial charge in [0.2, 0.25) is 0 Å². The second-order valence-electron chi connectivity index (χ2n) is 3.12. The number of hydrogen-bond acceptors (Lipinski definition) is 3. The van der Waals surface area contributed by atoms with Crippen molar-refractivity contribution in [3.8, 4) is 6.07 Å². The normalized spacial score (nSPS) is 21.8. The molecule has 10 heavy (non-hydrogen) atoms. The molecule has 1 rings (SSSR count). The number of hydrogen-bond donors (Lipinski definition) is 0. The highest BCUT2D eigenvalue weighted by molar-refractivity contribution is 5.05. The van der Waals surface area contributed by atoms with E-state index >= 15 is 0 Å². The molecule has 1 heterocycles. The molecule has 0 spiro atoms. The number of ether oxygens (including phenoxy) is 1. The molecule has 0 aromatic rings. The summed E-state index contributed by atoms with van der Waals surface area (Å²) in [5, 5.41) is 8.73. The summed E-state index contributed by atoms with van der Waals surface area (Å²) in [5.41, 5.74) is -0.205. The lowest BCUT2D eigenvalue weighted by atomic mass is 9.87. The summed E-state index contributed by atoms with van der Waals surface area (Å²) < 4.78 is 4.98. The summed E-state index contributed by atoms with van der Waals surface area (Å²) in [6, 6.07) is 2.28. The van der Waals surface area contributed by atoms with Crippen LogP contribution in [0.1, 0.15) is 0 Å². The SMILES string of the molecule is CN(C)CC1(C#N)COC1. The highest BCUT2D eigenvalue weighted by Crippen LogP contribution is 2.26. The fourth-order valence-electron chi connectivity index (χ4n) is 1.14. The summed E-state index contributed by atoms with van der Waals surface area (Å²) >= 11 is 0. The molecular weight excluding hydrogens is 128 g/mol. The van der Waals surface area contributed by atoms with Crippen molar-refractivity contribution in [1.82, 2.24) is 4.90 Å². The van der Waals surface area contributed by atoms with Gasteiger partial charge in [-0.05, 0) is 14.1 Å². The Labute approximate surface area is 61.2 Å². The van der Waals surface area contributed by atoms with Crippen LogP contribution in [0.15, 0.2) is 0 Å². The van der Waals surface area contributed by atoms with Crippen molar-refractivity contribution in [2.45, 2.75) is 0 Å². The van der Waals surface area contributed by atoms with E-state index in [9.17, 15) is 0 Å². The van der Waals surface area contributed by atoms with E-state index in [0.29, 0.717) is 13.2 Å². The van der Waals surface area contributed by atoms with Gasteiger partial charge in [-0.1, -0.05) is 0 Å². The van der Waals surface area contributed by atoms with Crippen LogP contribution < -0.4 is 0 Å². The lowest BCUT2D eigenvalue weighted by molar-refractivity contribution is -0.0865. The summed E-state index contributed by atoms with van der Waals surface area (Å²) in [4.78, 5) is 2.02. The maximum Gasteiger partial charge on any atom is 0.116 e. The van der Waals surface area contributed by atoms with E-state index in [-0.39, 0.29) is 5.41 Å². The first-order valence-electron chi connectivity index (χ1n) is 3.32. The molecule has 1 fully saturated rings. The van der Waals surface area contributed by atoms with E-state index in [2.05, 4.69) is 6.07 Å². The van der Waals surface area contributed by atoms with Crippen molar-refractivity contribution in [2.24, 2.45) is 5.41 Å². The molecule has 0 aromatic carbocycles. The van der Waals surface area contributed by atoms with Gasteiger partial charge in [-0.2, -0.15) is 5.26 Å². The van der Waals surface area contributed by atoms with Gasteiger partial charge in [-0.15, -0.1) is 0 Å². The molecule has 0 bridgehead atoms. The third-order valence-corrected chi connectivity index (χ3v) is 1.61. The fourth-order valence-corrected chi connectivity index (χ4v) is 1.14. The molecule has 0 saturated carbocycles. The minimum absolute atomic E-state index is 0.205. The van der Waals surface area contributed by atoms with Crippen LogP contribution in [0.2, 0.25) is 0 Å². The second-order valence-corrected chi connectivity index (χ2v) is 3.12. The minimum Gasteiger partial charge on any atom is -0.378 e. The smallest absolute Gasteiger partial charge is 0.116 e. The molecule has 0 radical (unpaired) electrons. The zero-order valence-corrected chi connectivity index (χ0v) is 6.42. The predicted molar refractivity (Wildman–Crippen MR) is 37.4 cm³/mol. The Morgan fingerprint density at radius 1 is 1.60 bits per heavy atom. The Morgan fingerprint density at radius 3 is 2.30 bits per heavy atom. The standard InChI is InChI=1S/C7H12N2O/c1-9(2)4-7(3-8)5-10-6-7/h4-6H2,1-2H3. The number of nitriles is 1. The second kappa shape index (κ2) is 2.57. The molecule has 1 aliphatic heterocycles. The molecule has 0 aliphatic carbocycles. The Balaban J connectivity index is 2.43. The van der Waals surface area contributed by atoms with E-state index in [1.165, 1.54) is 0 Å². The van der Waals surface area contributed by atoms with Crippen molar-refractivity contribution in [3.05, 3.63) is 0 Å². The first-order valence-corrected chi connectivity index (χ1v) is 3.32. The summed E-state index contributed by atoms with van der Waals surface area (Å²) in [6.07, 6.45) is 0. The van der Waals surface area contributed by atoms with Gasteiger partial charge in [0.1, 0.15) is 5.41 Å². The molecule has 0 amide bonds. The van der Waals surface area contributed by atoms with Crippen LogP contribution in [-0.4, -0.2) is 38.8 Å². The molecule has 1 aliphatic rings. The van der Waals surface area contributed by atoms with Gasteiger partial charge >= 0.3 is 0 Å². The van der Waals surface area contributed by atoms with Gasteiger partial charge < -0.3 is 9.64 Å². The van der Waals surface area contributed by atoms with Gasteiger partial charge in [0, 0.05) is 6.54 Å². The average molecular weight is 140 g/mol. The average Bonchev–Trinajstić information content (AvgIpc) is 1.78. The van der Waals surface area contributed by atoms with Crippen molar-refractivity contribution in [1.29, 1.82) is 5.26 Å². The van der Waals surface area contributed by atoms with Crippen molar-refractivity contribution in [2.75, 3.05) is 33.9 Å². The Bertz CT molecular complexity index is 155. The third kappa shape index (κ3) is 1.28. The van der Waals surface area contributed by atoms with Crippen LogP contribution in [0, 0.1) is 16.7 Å². The van der Waals surface area contributed by atoms with Gasteiger partial charge in [0.25, 0.3) is 0 Å². The number of nitrogens with zero attached hydrogens (tertiary/aromatic N) is 2. The van der Waals surface area contributed by atoms with Crippen molar-refractivity contribution in [3.63, 3.8) is 0 Å². The van der Waals surface area contributed by atoms with Crippen LogP contribution in [-0.2, 0) is 4.74 Å². The summed E-state index contributed by atoms with van der Waals surface area (Å²) in [7, 11) is 3.94. The zero-order chi connectivity index (χ0) is 7.61. The molecule has 0 unspecified atom stereocenters. The first kappa shape index (κ1) is 7.52. The maximum absolute atomic E-state index is 8.73.